The first-order valence-corrected chi connectivity index (χ1v) is 4.08. The maximum absolute atomic E-state index is 3.53. The van der Waals surface area contributed by atoms with Crippen LogP contribution in [0.5, 0.6) is 0 Å². The molecular weight excluding hydrogens is 125 g/mol. The summed E-state index contributed by atoms with van der Waals surface area (Å²) in [6.07, 6.45) is 5.90. The third kappa shape index (κ3) is 4.10. The second-order valence-corrected chi connectivity index (χ2v) is 2.16. The zero-order valence-electron chi connectivity index (χ0n) is 3.85. The molecule has 6 heavy (non-hydrogen) atoms. The van der Waals surface area contributed by atoms with Crippen LogP contribution in [-0.2, 0) is 18.3 Å². The Morgan fingerprint density at radius 1 is 1.67 bits per heavy atom. The minimum atomic E-state index is 1.23. The van der Waals surface area contributed by atoms with Gasteiger partial charge in [-0.05, 0) is 0 Å². The minimum absolute atomic E-state index is 1.23. The van der Waals surface area contributed by atoms with Gasteiger partial charge in [-0.15, -0.1) is 0 Å². The van der Waals surface area contributed by atoms with Crippen LogP contribution in [0.1, 0.15) is 0 Å². The van der Waals surface area contributed by atoms with Gasteiger partial charge in [0.2, 0.25) is 0 Å². The molecular formula is C5H7Zn. The number of hydrogen-bond donors (Lipinski definition) is 0. The van der Waals surface area contributed by atoms with Gasteiger partial charge in [-0.3, -0.25) is 0 Å². The third-order valence-corrected chi connectivity index (χ3v) is 1.14. The first-order valence-electron chi connectivity index (χ1n) is 1.98. The molecule has 0 N–H and O–H groups in total. The number of rotatable bonds is 2. The van der Waals surface area contributed by atoms with Gasteiger partial charge in [0.05, 0.1) is 0 Å². The van der Waals surface area contributed by atoms with Crippen molar-refractivity contribution in [2.24, 2.45) is 0 Å². The Morgan fingerprint density at radius 3 is 2.50 bits per heavy atom. The summed E-state index contributed by atoms with van der Waals surface area (Å²) in [4.78, 5) is 0. The van der Waals surface area contributed by atoms with Crippen molar-refractivity contribution in [2.75, 3.05) is 0 Å². The van der Waals surface area contributed by atoms with Crippen LogP contribution in [0.3, 0.4) is 0 Å². The SMILES string of the molecule is C=CC=C[CH2][Zn]. The maximum atomic E-state index is 3.53. The van der Waals surface area contributed by atoms with Crippen LogP contribution >= 0.6 is 0 Å². The molecule has 0 saturated carbocycles. The van der Waals surface area contributed by atoms with Crippen molar-refractivity contribution >= 4 is 0 Å². The van der Waals surface area contributed by atoms with Crippen LogP contribution in [0.2, 0.25) is 5.02 Å². The summed E-state index contributed by atoms with van der Waals surface area (Å²) in [5.41, 5.74) is 0. The molecule has 0 amide bonds. The summed E-state index contributed by atoms with van der Waals surface area (Å²) in [6, 6.07) is 0. The summed E-state index contributed by atoms with van der Waals surface area (Å²) in [5, 5.41) is 1.23. The summed E-state index contributed by atoms with van der Waals surface area (Å²) in [5.74, 6) is 0. The van der Waals surface area contributed by atoms with Gasteiger partial charge in [0.25, 0.3) is 0 Å². The van der Waals surface area contributed by atoms with E-state index in [2.05, 4.69) is 12.7 Å². The molecule has 29 valence electrons. The molecule has 0 heterocycles. The summed E-state index contributed by atoms with van der Waals surface area (Å²) in [7, 11) is 0. The Hall–Kier alpha value is 0.103. The van der Waals surface area contributed by atoms with Crippen LogP contribution < -0.4 is 0 Å². The van der Waals surface area contributed by atoms with Gasteiger partial charge in [-0.25, -0.2) is 0 Å². The molecule has 0 aromatic carbocycles. The van der Waals surface area contributed by atoms with Crippen molar-refractivity contribution in [2.45, 2.75) is 5.02 Å². The molecule has 0 atom stereocenters. The zero-order valence-corrected chi connectivity index (χ0v) is 6.82. The van der Waals surface area contributed by atoms with E-state index in [1.165, 1.54) is 23.3 Å². The Labute approximate surface area is 48.6 Å². The fourth-order valence-corrected chi connectivity index (χ4v) is 0.596. The van der Waals surface area contributed by atoms with Crippen molar-refractivity contribution in [1.29, 1.82) is 0 Å². The van der Waals surface area contributed by atoms with E-state index >= 15 is 0 Å². The molecule has 0 nitrogen and oxygen atoms in total. The van der Waals surface area contributed by atoms with E-state index in [1.54, 1.807) is 6.08 Å². The van der Waals surface area contributed by atoms with Gasteiger partial charge >= 0.3 is 48.1 Å². The summed E-state index contributed by atoms with van der Waals surface area (Å²) < 4.78 is 0. The van der Waals surface area contributed by atoms with E-state index < -0.39 is 0 Å². The van der Waals surface area contributed by atoms with Gasteiger partial charge in [-0.2, -0.15) is 0 Å². The Kier molecular flexibility index (Phi) is 5.19. The molecule has 0 aromatic heterocycles. The summed E-state index contributed by atoms with van der Waals surface area (Å²) in [6.45, 7) is 3.53. The van der Waals surface area contributed by atoms with Crippen molar-refractivity contribution < 1.29 is 18.3 Å². The molecule has 0 aliphatic rings. The van der Waals surface area contributed by atoms with Crippen molar-refractivity contribution in [3.05, 3.63) is 24.8 Å². The topological polar surface area (TPSA) is 0 Å². The van der Waals surface area contributed by atoms with Crippen molar-refractivity contribution in [3.8, 4) is 0 Å². The Morgan fingerprint density at radius 2 is 2.33 bits per heavy atom. The fourth-order valence-electron chi connectivity index (χ4n) is 0.192. The zero-order chi connectivity index (χ0) is 4.83. The van der Waals surface area contributed by atoms with Gasteiger partial charge in [0.1, 0.15) is 0 Å². The van der Waals surface area contributed by atoms with Crippen LogP contribution in [0.15, 0.2) is 24.8 Å². The average Bonchev–Trinajstić information content (AvgIpc) is 1.61. The van der Waals surface area contributed by atoms with Gasteiger partial charge < -0.3 is 0 Å². The van der Waals surface area contributed by atoms with Crippen molar-refractivity contribution in [3.63, 3.8) is 0 Å². The summed E-state index contributed by atoms with van der Waals surface area (Å²) >= 11 is 1.35. The van der Waals surface area contributed by atoms with Crippen LogP contribution in [0.25, 0.3) is 0 Å². The van der Waals surface area contributed by atoms with E-state index in [-0.39, 0.29) is 0 Å². The molecule has 0 bridgehead atoms. The van der Waals surface area contributed by atoms with E-state index in [9.17, 15) is 0 Å². The molecule has 1 heteroatoms. The predicted molar refractivity (Wildman–Crippen MR) is 24.1 cm³/mol. The Balaban J connectivity index is 2.94. The van der Waals surface area contributed by atoms with Gasteiger partial charge in [0, 0.05) is 0 Å². The molecule has 0 fully saturated rings. The second kappa shape index (κ2) is 5.10. The molecule has 0 aliphatic heterocycles. The fraction of sp³-hybridized carbons (Fsp3) is 0.200. The monoisotopic (exact) mass is 131 g/mol. The molecule has 0 saturated heterocycles. The molecule has 0 spiro atoms. The molecule has 0 radical (unpaired) electrons. The number of allylic oxidation sites excluding steroid dienone is 3. The van der Waals surface area contributed by atoms with E-state index in [1.807, 2.05) is 6.08 Å². The second-order valence-electron chi connectivity index (χ2n) is 0.953. The molecule has 0 unspecified atom stereocenters. The first kappa shape index (κ1) is 6.10. The quantitative estimate of drug-likeness (QED) is 0.396. The third-order valence-electron chi connectivity index (χ3n) is 0.439. The molecule has 0 aromatic rings. The normalized spacial score (nSPS) is 9.67. The van der Waals surface area contributed by atoms with Gasteiger partial charge in [-0.1, -0.05) is 0 Å². The van der Waals surface area contributed by atoms with E-state index in [4.69, 9.17) is 0 Å². The molecule has 0 rings (SSSR count). The average molecular weight is 133 g/mol. The van der Waals surface area contributed by atoms with E-state index in [0.717, 1.165) is 0 Å². The van der Waals surface area contributed by atoms with Gasteiger partial charge in [0.15, 0.2) is 0 Å². The van der Waals surface area contributed by atoms with Crippen LogP contribution in [0.4, 0.5) is 0 Å². The van der Waals surface area contributed by atoms with Crippen LogP contribution in [-0.4, -0.2) is 0 Å². The Bertz CT molecular complexity index is 55.0. The standard InChI is InChI=1S/C5H7.Zn/c1-3-5-4-2;/h3-5H,1-2H2;. The van der Waals surface area contributed by atoms with Crippen molar-refractivity contribution in [1.82, 2.24) is 0 Å². The number of hydrogen-bond acceptors (Lipinski definition) is 0. The molecule has 0 aliphatic carbocycles. The first-order chi connectivity index (χ1) is 2.91. The van der Waals surface area contributed by atoms with E-state index in [0.29, 0.717) is 0 Å². The van der Waals surface area contributed by atoms with Crippen LogP contribution in [0, 0.1) is 0 Å². The predicted octanol–water partition coefficient (Wildman–Crippen LogP) is 1.69.